The number of nitrogens with one attached hydrogen (secondary N) is 1. The summed E-state index contributed by atoms with van der Waals surface area (Å²) in [5.74, 6) is -0.444. The van der Waals surface area contributed by atoms with Gasteiger partial charge in [-0.2, -0.15) is 0 Å². The van der Waals surface area contributed by atoms with Gasteiger partial charge in [0.15, 0.2) is 0 Å². The number of nitrogen functional groups attached to an aromatic ring is 1. The third kappa shape index (κ3) is 1.64. The molecule has 4 nitrogen and oxygen atoms in total. The van der Waals surface area contributed by atoms with Crippen molar-refractivity contribution in [3.05, 3.63) is 23.8 Å². The van der Waals surface area contributed by atoms with Gasteiger partial charge in [0.25, 0.3) is 5.91 Å². The van der Waals surface area contributed by atoms with Gasteiger partial charge in [-0.3, -0.25) is 4.79 Å². The Labute approximate surface area is 82.3 Å². The number of amides is 1. The number of benzene rings is 1. The average molecular weight is 191 g/mol. The molecule has 14 heavy (non-hydrogen) atoms. The molecule has 1 saturated carbocycles. The first kappa shape index (κ1) is 8.87. The van der Waals surface area contributed by atoms with Crippen LogP contribution in [0.15, 0.2) is 18.2 Å². The first-order valence-corrected chi connectivity index (χ1v) is 4.63. The standard InChI is InChI=1S/C10H13N3O/c11-8-3-1-2-7(10(12)14)9(8)13-6-4-5-6/h1-3,6,13H,4-5,11H2,(H2,12,14). The molecular weight excluding hydrogens is 178 g/mol. The van der Waals surface area contributed by atoms with Crippen LogP contribution in [0, 0.1) is 0 Å². The molecule has 1 aromatic carbocycles. The highest BCUT2D eigenvalue weighted by Gasteiger charge is 2.23. The summed E-state index contributed by atoms with van der Waals surface area (Å²) in [7, 11) is 0. The third-order valence-electron chi connectivity index (χ3n) is 2.29. The Hall–Kier alpha value is -1.71. The Kier molecular flexibility index (Phi) is 2.04. The second-order valence-corrected chi connectivity index (χ2v) is 3.55. The zero-order valence-corrected chi connectivity index (χ0v) is 7.79. The minimum atomic E-state index is -0.444. The summed E-state index contributed by atoms with van der Waals surface area (Å²) in [6, 6.07) is 5.63. The van der Waals surface area contributed by atoms with Crippen LogP contribution in [-0.2, 0) is 0 Å². The summed E-state index contributed by atoms with van der Waals surface area (Å²) >= 11 is 0. The minimum absolute atomic E-state index is 0.444. The maximum absolute atomic E-state index is 11.1. The number of rotatable bonds is 3. The van der Waals surface area contributed by atoms with Crippen LogP contribution in [0.25, 0.3) is 0 Å². The SMILES string of the molecule is NC(=O)c1cccc(N)c1NC1CC1. The Bertz CT molecular complexity index is 372. The topological polar surface area (TPSA) is 81.1 Å². The number of nitrogens with two attached hydrogens (primary N) is 2. The van der Waals surface area contributed by atoms with Crippen molar-refractivity contribution >= 4 is 17.3 Å². The summed E-state index contributed by atoms with van der Waals surface area (Å²) < 4.78 is 0. The summed E-state index contributed by atoms with van der Waals surface area (Å²) in [6.07, 6.45) is 2.26. The fraction of sp³-hybridized carbons (Fsp3) is 0.300. The molecule has 0 unspecified atom stereocenters. The molecule has 4 heteroatoms. The quantitative estimate of drug-likeness (QED) is 0.622. The van der Waals surface area contributed by atoms with Crippen LogP contribution in [0.1, 0.15) is 23.2 Å². The number of hydrogen-bond acceptors (Lipinski definition) is 3. The molecule has 1 aliphatic rings. The predicted molar refractivity (Wildman–Crippen MR) is 56.0 cm³/mol. The van der Waals surface area contributed by atoms with E-state index in [4.69, 9.17) is 11.5 Å². The molecule has 0 bridgehead atoms. The molecule has 74 valence electrons. The molecule has 0 aromatic heterocycles. The van der Waals surface area contributed by atoms with Crippen molar-refractivity contribution in [1.82, 2.24) is 0 Å². The maximum atomic E-state index is 11.1. The van der Waals surface area contributed by atoms with Crippen LogP contribution in [0.3, 0.4) is 0 Å². The fourth-order valence-electron chi connectivity index (χ4n) is 1.37. The Morgan fingerprint density at radius 1 is 1.43 bits per heavy atom. The normalized spacial score (nSPS) is 15.1. The van der Waals surface area contributed by atoms with E-state index in [1.165, 1.54) is 0 Å². The summed E-state index contributed by atoms with van der Waals surface area (Å²) in [4.78, 5) is 11.1. The molecule has 1 amide bonds. The van der Waals surface area contributed by atoms with Gasteiger partial charge in [0.1, 0.15) is 0 Å². The molecule has 0 heterocycles. The minimum Gasteiger partial charge on any atom is -0.397 e. The monoisotopic (exact) mass is 191 g/mol. The molecule has 5 N–H and O–H groups in total. The van der Waals surface area contributed by atoms with Crippen LogP contribution in [-0.4, -0.2) is 11.9 Å². The van der Waals surface area contributed by atoms with E-state index in [0.717, 1.165) is 12.8 Å². The van der Waals surface area contributed by atoms with Crippen LogP contribution in [0.2, 0.25) is 0 Å². The molecule has 1 aromatic rings. The molecular formula is C10H13N3O. The van der Waals surface area contributed by atoms with Gasteiger partial charge in [-0.15, -0.1) is 0 Å². The Morgan fingerprint density at radius 2 is 2.14 bits per heavy atom. The molecule has 1 fully saturated rings. The zero-order chi connectivity index (χ0) is 10.1. The van der Waals surface area contributed by atoms with Gasteiger partial charge >= 0.3 is 0 Å². The second-order valence-electron chi connectivity index (χ2n) is 3.55. The van der Waals surface area contributed by atoms with E-state index in [1.807, 2.05) is 0 Å². The van der Waals surface area contributed by atoms with Gasteiger partial charge in [0.2, 0.25) is 0 Å². The van der Waals surface area contributed by atoms with E-state index in [2.05, 4.69) is 5.32 Å². The molecule has 0 aliphatic heterocycles. The van der Waals surface area contributed by atoms with Gasteiger partial charge in [0, 0.05) is 6.04 Å². The third-order valence-corrected chi connectivity index (χ3v) is 2.29. The fourth-order valence-corrected chi connectivity index (χ4v) is 1.37. The van der Waals surface area contributed by atoms with Gasteiger partial charge < -0.3 is 16.8 Å². The van der Waals surface area contributed by atoms with E-state index < -0.39 is 5.91 Å². The lowest BCUT2D eigenvalue weighted by Gasteiger charge is -2.11. The van der Waals surface area contributed by atoms with Crippen LogP contribution >= 0.6 is 0 Å². The van der Waals surface area contributed by atoms with Gasteiger partial charge in [-0.05, 0) is 25.0 Å². The number of para-hydroxylation sites is 1. The molecule has 0 radical (unpaired) electrons. The first-order chi connectivity index (χ1) is 6.68. The highest BCUT2D eigenvalue weighted by atomic mass is 16.1. The van der Waals surface area contributed by atoms with E-state index in [0.29, 0.717) is 23.0 Å². The predicted octanol–water partition coefficient (Wildman–Crippen LogP) is 0.942. The molecule has 0 saturated heterocycles. The molecule has 0 atom stereocenters. The highest BCUT2D eigenvalue weighted by molar-refractivity contribution is 6.01. The van der Waals surface area contributed by atoms with Gasteiger partial charge in [-0.1, -0.05) is 6.07 Å². The second kappa shape index (κ2) is 3.21. The summed E-state index contributed by atoms with van der Waals surface area (Å²) in [6.45, 7) is 0. The van der Waals surface area contributed by atoms with Crippen molar-refractivity contribution < 1.29 is 4.79 Å². The highest BCUT2D eigenvalue weighted by Crippen LogP contribution is 2.30. The smallest absolute Gasteiger partial charge is 0.250 e. The lowest BCUT2D eigenvalue weighted by atomic mass is 10.1. The van der Waals surface area contributed by atoms with Crippen molar-refractivity contribution in [3.63, 3.8) is 0 Å². The largest absolute Gasteiger partial charge is 0.397 e. The summed E-state index contributed by atoms with van der Waals surface area (Å²) in [5.41, 5.74) is 12.7. The molecule has 0 spiro atoms. The Balaban J connectivity index is 2.36. The first-order valence-electron chi connectivity index (χ1n) is 4.63. The van der Waals surface area contributed by atoms with E-state index in [1.54, 1.807) is 18.2 Å². The lowest BCUT2D eigenvalue weighted by molar-refractivity contribution is 0.100. The van der Waals surface area contributed by atoms with E-state index in [9.17, 15) is 4.79 Å². The number of hydrogen-bond donors (Lipinski definition) is 3. The molecule has 1 aliphatic carbocycles. The molecule has 2 rings (SSSR count). The van der Waals surface area contributed by atoms with Crippen molar-refractivity contribution in [1.29, 1.82) is 0 Å². The average Bonchev–Trinajstić information content (AvgIpc) is 2.91. The van der Waals surface area contributed by atoms with Crippen LogP contribution in [0.4, 0.5) is 11.4 Å². The van der Waals surface area contributed by atoms with Crippen molar-refractivity contribution in [2.75, 3.05) is 11.1 Å². The Morgan fingerprint density at radius 3 is 2.71 bits per heavy atom. The van der Waals surface area contributed by atoms with E-state index in [-0.39, 0.29) is 0 Å². The lowest BCUT2D eigenvalue weighted by Crippen LogP contribution is -2.16. The van der Waals surface area contributed by atoms with Crippen LogP contribution < -0.4 is 16.8 Å². The van der Waals surface area contributed by atoms with E-state index >= 15 is 0 Å². The van der Waals surface area contributed by atoms with Crippen molar-refractivity contribution in [2.24, 2.45) is 5.73 Å². The number of carbonyl (C=O) groups excluding carboxylic acids is 1. The number of carbonyl (C=O) groups is 1. The maximum Gasteiger partial charge on any atom is 0.250 e. The number of anilines is 2. The van der Waals surface area contributed by atoms with Gasteiger partial charge in [0.05, 0.1) is 16.9 Å². The van der Waals surface area contributed by atoms with Crippen molar-refractivity contribution in [3.8, 4) is 0 Å². The van der Waals surface area contributed by atoms with Crippen LogP contribution in [0.5, 0.6) is 0 Å². The van der Waals surface area contributed by atoms with Crippen molar-refractivity contribution in [2.45, 2.75) is 18.9 Å². The number of primary amides is 1. The summed E-state index contributed by atoms with van der Waals surface area (Å²) in [5, 5.41) is 3.21. The van der Waals surface area contributed by atoms with Gasteiger partial charge in [-0.25, -0.2) is 0 Å². The zero-order valence-electron chi connectivity index (χ0n) is 7.79.